The van der Waals surface area contributed by atoms with Crippen LogP contribution in [0.25, 0.3) is 0 Å². The van der Waals surface area contributed by atoms with Crippen LogP contribution in [0.4, 0.5) is 40.3 Å². The van der Waals surface area contributed by atoms with Gasteiger partial charge in [0.15, 0.2) is 0 Å². The van der Waals surface area contributed by atoms with E-state index in [0.717, 1.165) is 17.0 Å². The Bertz CT molecular complexity index is 937. The van der Waals surface area contributed by atoms with Crippen molar-refractivity contribution in [3.05, 3.63) is 66.4 Å². The third kappa shape index (κ3) is 4.38. The van der Waals surface area contributed by atoms with Crippen molar-refractivity contribution in [1.29, 1.82) is 0 Å². The molecule has 0 aliphatic rings. The second-order valence-electron chi connectivity index (χ2n) is 5.62. The highest BCUT2D eigenvalue weighted by Gasteiger charge is 2.41. The number of halogens is 5. The molecule has 0 saturated carbocycles. The van der Waals surface area contributed by atoms with Crippen LogP contribution in [0, 0.1) is 26.0 Å². The predicted molar refractivity (Wildman–Crippen MR) is 96.1 cm³/mol. The van der Waals surface area contributed by atoms with E-state index in [1.54, 1.807) is 6.92 Å². The molecule has 0 unspecified atom stereocenters. The molecule has 0 heterocycles. The molecule has 0 saturated heterocycles. The molecule has 2 aromatic rings. The molecule has 0 bridgehead atoms. The predicted octanol–water partition coefficient (Wildman–Crippen LogP) is 5.97. The molecule has 2 rings (SSSR count). The molecule has 12 heteroatoms. The molecule has 0 aliphatic heterocycles. The van der Waals surface area contributed by atoms with E-state index in [-0.39, 0.29) is 29.2 Å². The summed E-state index contributed by atoms with van der Waals surface area (Å²) < 4.78 is 54.5. The minimum absolute atomic E-state index is 0.0469. The number of hydrogen-bond acceptors (Lipinski definition) is 5. The zero-order valence-corrected chi connectivity index (χ0v) is 15.8. The number of rotatable bonds is 6. The van der Waals surface area contributed by atoms with Crippen molar-refractivity contribution in [2.75, 3.05) is 11.4 Å². The third-order valence-electron chi connectivity index (χ3n) is 3.71. The monoisotopic (exact) mass is 465 g/mol. The fraction of sp³-hybridized carbons (Fsp3) is 0.250. The lowest BCUT2D eigenvalue weighted by Crippen LogP contribution is -2.24. The first-order chi connectivity index (χ1) is 13.0. The van der Waals surface area contributed by atoms with Gasteiger partial charge < -0.3 is 4.90 Å². The Kier molecular flexibility index (Phi) is 6.22. The Morgan fingerprint density at radius 2 is 1.75 bits per heavy atom. The Balaban J connectivity index is 2.91. The minimum atomic E-state index is -5.11. The topological polar surface area (TPSA) is 89.5 Å². The summed E-state index contributed by atoms with van der Waals surface area (Å²) in [5.74, 6) is -0.665. The van der Waals surface area contributed by atoms with Gasteiger partial charge in [0.2, 0.25) is 0 Å². The summed E-state index contributed by atoms with van der Waals surface area (Å²) in [5.41, 5.74) is -4.47. The summed E-state index contributed by atoms with van der Waals surface area (Å²) in [7, 11) is 0. The molecule has 0 amide bonds. The van der Waals surface area contributed by atoms with Gasteiger partial charge in [-0.2, -0.15) is 13.2 Å². The Labute approximate surface area is 164 Å². The normalized spacial score (nSPS) is 11.4. The van der Waals surface area contributed by atoms with Gasteiger partial charge in [0, 0.05) is 17.1 Å². The van der Waals surface area contributed by atoms with Crippen LogP contribution in [0.15, 0.2) is 34.8 Å². The van der Waals surface area contributed by atoms with Crippen LogP contribution >= 0.6 is 15.9 Å². The second-order valence-corrected chi connectivity index (χ2v) is 6.47. The Hall–Kier alpha value is -2.76. The van der Waals surface area contributed by atoms with E-state index in [1.165, 1.54) is 6.07 Å². The molecule has 2 aromatic carbocycles. The molecule has 7 nitrogen and oxygen atoms in total. The molecule has 0 spiro atoms. The molecule has 0 aromatic heterocycles. The number of non-ortho nitro benzene ring substituents is 1. The van der Waals surface area contributed by atoms with E-state index in [4.69, 9.17) is 0 Å². The number of hydrogen-bond donors (Lipinski definition) is 0. The molecule has 0 fully saturated rings. The molecule has 0 radical (unpaired) electrons. The number of nitro benzene ring substituents is 2. The van der Waals surface area contributed by atoms with Crippen molar-refractivity contribution >= 4 is 38.7 Å². The van der Waals surface area contributed by atoms with E-state index in [9.17, 15) is 37.8 Å². The van der Waals surface area contributed by atoms with E-state index < -0.39 is 44.5 Å². The third-order valence-corrected chi connectivity index (χ3v) is 4.34. The molecule has 0 atom stereocenters. The molecule has 150 valence electrons. The minimum Gasteiger partial charge on any atom is -0.334 e. The summed E-state index contributed by atoms with van der Waals surface area (Å²) in [6, 6.07) is 3.89. The fourth-order valence-electron chi connectivity index (χ4n) is 2.63. The summed E-state index contributed by atoms with van der Waals surface area (Å²) in [6.07, 6.45) is -4.82. The highest BCUT2D eigenvalue weighted by atomic mass is 79.9. The Morgan fingerprint density at radius 1 is 1.11 bits per heavy atom. The summed E-state index contributed by atoms with van der Waals surface area (Å²) in [6.45, 7) is 1.54. The first-order valence-corrected chi connectivity index (χ1v) is 8.53. The van der Waals surface area contributed by atoms with E-state index in [1.807, 2.05) is 0 Å². The zero-order valence-electron chi connectivity index (χ0n) is 14.2. The van der Waals surface area contributed by atoms with Crippen LogP contribution in [-0.4, -0.2) is 16.4 Å². The molecular formula is C16H12BrF4N3O4. The van der Waals surface area contributed by atoms with Gasteiger partial charge in [-0.1, -0.05) is 6.92 Å². The number of benzene rings is 2. The maximum Gasteiger partial charge on any atom is 0.418 e. The van der Waals surface area contributed by atoms with Crippen LogP contribution in [0.3, 0.4) is 0 Å². The van der Waals surface area contributed by atoms with E-state index in [0.29, 0.717) is 6.07 Å². The van der Waals surface area contributed by atoms with Gasteiger partial charge in [0.05, 0.1) is 27.2 Å². The first kappa shape index (κ1) is 21.5. The van der Waals surface area contributed by atoms with Gasteiger partial charge in [-0.25, -0.2) is 4.39 Å². The highest BCUT2D eigenvalue weighted by Crippen LogP contribution is 2.47. The number of nitro groups is 2. The SMILES string of the molecule is CCCN(c1ccc(F)cc1Br)c1c([N+](=O)[O-])cc([N+](=O)[O-])cc1C(F)(F)F. The molecule has 28 heavy (non-hydrogen) atoms. The smallest absolute Gasteiger partial charge is 0.334 e. The average Bonchev–Trinajstić information content (AvgIpc) is 2.58. The summed E-state index contributed by atoms with van der Waals surface area (Å²) in [5, 5.41) is 22.4. The van der Waals surface area contributed by atoms with Crippen LogP contribution in [0.2, 0.25) is 0 Å². The average molecular weight is 466 g/mol. The quantitative estimate of drug-likeness (QED) is 0.297. The number of anilines is 2. The van der Waals surface area contributed by atoms with Crippen molar-refractivity contribution in [2.24, 2.45) is 0 Å². The fourth-order valence-corrected chi connectivity index (χ4v) is 3.19. The van der Waals surface area contributed by atoms with Crippen LogP contribution in [0.5, 0.6) is 0 Å². The standard InChI is InChI=1S/C16H12BrF4N3O4/c1-2-5-22(13-4-3-9(18)6-12(13)17)15-11(16(19,20)21)7-10(23(25)26)8-14(15)24(27)28/h3-4,6-8H,2,5H2,1H3. The van der Waals surface area contributed by atoms with Crippen molar-refractivity contribution in [3.63, 3.8) is 0 Å². The molecular weight excluding hydrogens is 454 g/mol. The molecule has 0 aliphatic carbocycles. The van der Waals surface area contributed by atoms with Crippen molar-refractivity contribution < 1.29 is 27.4 Å². The van der Waals surface area contributed by atoms with Crippen molar-refractivity contribution in [1.82, 2.24) is 0 Å². The van der Waals surface area contributed by atoms with Gasteiger partial charge in [0.1, 0.15) is 11.5 Å². The summed E-state index contributed by atoms with van der Waals surface area (Å²) in [4.78, 5) is 21.2. The largest absolute Gasteiger partial charge is 0.418 e. The lowest BCUT2D eigenvalue weighted by atomic mass is 10.1. The maximum absolute atomic E-state index is 13.7. The lowest BCUT2D eigenvalue weighted by molar-refractivity contribution is -0.394. The van der Waals surface area contributed by atoms with E-state index >= 15 is 0 Å². The first-order valence-electron chi connectivity index (χ1n) is 7.74. The lowest BCUT2D eigenvalue weighted by Gasteiger charge is -2.28. The van der Waals surface area contributed by atoms with Crippen LogP contribution in [-0.2, 0) is 6.18 Å². The second kappa shape index (κ2) is 8.09. The molecule has 0 N–H and O–H groups in total. The maximum atomic E-state index is 13.7. The number of alkyl halides is 3. The van der Waals surface area contributed by atoms with Gasteiger partial charge in [-0.3, -0.25) is 20.2 Å². The number of nitrogens with zero attached hydrogens (tertiary/aromatic N) is 3. The van der Waals surface area contributed by atoms with Gasteiger partial charge in [-0.05, 0) is 40.5 Å². The summed E-state index contributed by atoms with van der Waals surface area (Å²) >= 11 is 3.05. The van der Waals surface area contributed by atoms with Gasteiger partial charge >= 0.3 is 6.18 Å². The van der Waals surface area contributed by atoms with Crippen LogP contribution < -0.4 is 4.90 Å². The van der Waals surface area contributed by atoms with Gasteiger partial charge in [-0.15, -0.1) is 0 Å². The van der Waals surface area contributed by atoms with E-state index in [2.05, 4.69) is 15.9 Å². The van der Waals surface area contributed by atoms with Crippen molar-refractivity contribution in [3.8, 4) is 0 Å². The van der Waals surface area contributed by atoms with Crippen molar-refractivity contribution in [2.45, 2.75) is 19.5 Å². The van der Waals surface area contributed by atoms with Gasteiger partial charge in [0.25, 0.3) is 11.4 Å². The zero-order chi connectivity index (χ0) is 21.2. The van der Waals surface area contributed by atoms with Crippen LogP contribution in [0.1, 0.15) is 18.9 Å². The Morgan fingerprint density at radius 3 is 2.21 bits per heavy atom. The highest BCUT2D eigenvalue weighted by molar-refractivity contribution is 9.10.